The Kier molecular flexibility index (Phi) is 5.46. The molecule has 4 aromatic rings. The molecule has 0 atom stereocenters. The highest BCUT2D eigenvalue weighted by molar-refractivity contribution is 6.31. The molecule has 0 bridgehead atoms. The van der Waals surface area contributed by atoms with Crippen LogP contribution in [0.15, 0.2) is 72.9 Å². The summed E-state index contributed by atoms with van der Waals surface area (Å²) in [5.41, 5.74) is 9.31. The third-order valence-electron chi connectivity index (χ3n) is 4.98. The molecule has 0 spiro atoms. The number of rotatable bonds is 4. The van der Waals surface area contributed by atoms with Crippen LogP contribution in [-0.4, -0.2) is 9.97 Å². The zero-order valence-corrected chi connectivity index (χ0v) is 17.7. The van der Waals surface area contributed by atoms with Crippen LogP contribution in [-0.2, 0) is 6.42 Å². The minimum Gasteiger partial charge on any atom is -0.252 e. The third kappa shape index (κ3) is 4.23. The fourth-order valence-corrected chi connectivity index (χ4v) is 3.91. The van der Waals surface area contributed by atoms with E-state index in [0.717, 1.165) is 45.2 Å². The third-order valence-corrected chi connectivity index (χ3v) is 5.19. The van der Waals surface area contributed by atoms with Crippen molar-refractivity contribution in [3.63, 3.8) is 0 Å². The van der Waals surface area contributed by atoms with Gasteiger partial charge in [-0.25, -0.2) is 4.98 Å². The molecule has 4 rings (SSSR count). The molecule has 0 aliphatic heterocycles. The number of benzene rings is 3. The van der Waals surface area contributed by atoms with Crippen molar-refractivity contribution < 1.29 is 0 Å². The molecule has 29 heavy (non-hydrogen) atoms. The molecule has 3 aromatic carbocycles. The molecule has 144 valence electrons. The van der Waals surface area contributed by atoms with E-state index < -0.39 is 0 Å². The van der Waals surface area contributed by atoms with E-state index in [2.05, 4.69) is 57.2 Å². The van der Waals surface area contributed by atoms with Gasteiger partial charge in [0, 0.05) is 21.7 Å². The van der Waals surface area contributed by atoms with Crippen molar-refractivity contribution in [2.24, 2.45) is 0 Å². The van der Waals surface area contributed by atoms with Gasteiger partial charge in [-0.2, -0.15) is 0 Å². The van der Waals surface area contributed by atoms with Gasteiger partial charge in [-0.1, -0.05) is 66.0 Å². The summed E-state index contributed by atoms with van der Waals surface area (Å²) in [4.78, 5) is 9.91. The molecule has 0 saturated carbocycles. The number of nitrogens with zero attached hydrogens (tertiary/aromatic N) is 2. The first-order valence-electron chi connectivity index (χ1n) is 9.84. The lowest BCUT2D eigenvalue weighted by molar-refractivity contribution is 1.14. The van der Waals surface area contributed by atoms with Crippen LogP contribution in [0, 0.1) is 13.8 Å². The number of hydrogen-bond donors (Lipinski definition) is 0. The molecule has 1 heterocycles. The topological polar surface area (TPSA) is 25.8 Å². The van der Waals surface area contributed by atoms with Crippen LogP contribution < -0.4 is 0 Å². The average molecular weight is 399 g/mol. The Hall–Kier alpha value is -2.97. The van der Waals surface area contributed by atoms with Gasteiger partial charge >= 0.3 is 0 Å². The zero-order valence-electron chi connectivity index (χ0n) is 16.9. The van der Waals surface area contributed by atoms with Crippen molar-refractivity contribution in [1.82, 2.24) is 9.97 Å². The molecule has 0 aliphatic carbocycles. The van der Waals surface area contributed by atoms with Crippen molar-refractivity contribution in [1.29, 1.82) is 0 Å². The van der Waals surface area contributed by atoms with E-state index in [1.165, 1.54) is 16.7 Å². The molecule has 0 unspecified atom stereocenters. The molecule has 0 aliphatic rings. The number of hydrogen-bond acceptors (Lipinski definition) is 2. The van der Waals surface area contributed by atoms with E-state index >= 15 is 0 Å². The van der Waals surface area contributed by atoms with Crippen LogP contribution in [0.4, 0.5) is 0 Å². The van der Waals surface area contributed by atoms with E-state index in [1.54, 1.807) is 0 Å². The largest absolute Gasteiger partial charge is 0.252 e. The van der Waals surface area contributed by atoms with Crippen molar-refractivity contribution >= 4 is 11.6 Å². The molecule has 1 aromatic heterocycles. The van der Waals surface area contributed by atoms with E-state index in [4.69, 9.17) is 21.6 Å². The molecular formula is C26H23ClN2. The van der Waals surface area contributed by atoms with E-state index in [9.17, 15) is 0 Å². The Labute approximate surface area is 177 Å². The minimum absolute atomic E-state index is 0.722. The second-order valence-corrected chi connectivity index (χ2v) is 7.83. The van der Waals surface area contributed by atoms with Gasteiger partial charge in [-0.05, 0) is 56.2 Å². The van der Waals surface area contributed by atoms with E-state index in [1.807, 2.05) is 36.5 Å². The predicted molar refractivity (Wildman–Crippen MR) is 122 cm³/mol. The second-order valence-electron chi connectivity index (χ2n) is 7.40. The van der Waals surface area contributed by atoms with Crippen LogP contribution in [0.3, 0.4) is 0 Å². The average Bonchev–Trinajstić information content (AvgIpc) is 2.73. The maximum absolute atomic E-state index is 6.41. The van der Waals surface area contributed by atoms with Crippen molar-refractivity contribution in [2.75, 3.05) is 0 Å². The quantitative estimate of drug-likeness (QED) is 0.360. The first-order valence-corrected chi connectivity index (χ1v) is 10.2. The SMILES string of the molecule is CCc1cc(Cl)cc(-c2ncc(-c3ccccc3)nc2-c2cc(C)cc(C)c2)c1. The maximum Gasteiger partial charge on any atom is 0.0972 e. The first kappa shape index (κ1) is 19.4. The highest BCUT2D eigenvalue weighted by atomic mass is 35.5. The van der Waals surface area contributed by atoms with Crippen LogP contribution in [0.2, 0.25) is 5.02 Å². The predicted octanol–water partition coefficient (Wildman–Crippen LogP) is 7.31. The highest BCUT2D eigenvalue weighted by Crippen LogP contribution is 2.34. The Morgan fingerprint density at radius 1 is 0.759 bits per heavy atom. The summed E-state index contributed by atoms with van der Waals surface area (Å²) in [6, 6.07) is 22.8. The lowest BCUT2D eigenvalue weighted by Gasteiger charge is -2.13. The van der Waals surface area contributed by atoms with Crippen molar-refractivity contribution in [3.05, 3.63) is 94.6 Å². The van der Waals surface area contributed by atoms with Gasteiger partial charge in [0.05, 0.1) is 23.3 Å². The molecule has 0 fully saturated rings. The monoisotopic (exact) mass is 398 g/mol. The van der Waals surface area contributed by atoms with Gasteiger partial charge in [0.1, 0.15) is 0 Å². The zero-order chi connectivity index (χ0) is 20.4. The van der Waals surface area contributed by atoms with Crippen molar-refractivity contribution in [3.8, 4) is 33.8 Å². The van der Waals surface area contributed by atoms with Gasteiger partial charge < -0.3 is 0 Å². The standard InChI is InChI=1S/C26H23ClN2/c1-4-19-13-22(15-23(27)14-19)25-26(21-11-17(2)10-18(3)12-21)29-24(16-28-25)20-8-6-5-7-9-20/h5-16H,4H2,1-3H3. The van der Waals surface area contributed by atoms with Crippen LogP contribution >= 0.6 is 11.6 Å². The van der Waals surface area contributed by atoms with Gasteiger partial charge in [0.25, 0.3) is 0 Å². The minimum atomic E-state index is 0.722. The fourth-order valence-electron chi connectivity index (χ4n) is 3.65. The lowest BCUT2D eigenvalue weighted by atomic mass is 9.98. The molecule has 3 heteroatoms. The fraction of sp³-hybridized carbons (Fsp3) is 0.154. The normalized spacial score (nSPS) is 10.9. The van der Waals surface area contributed by atoms with E-state index in [-0.39, 0.29) is 0 Å². The lowest BCUT2D eigenvalue weighted by Crippen LogP contribution is -1.97. The Bertz CT molecular complexity index is 1150. The molecule has 0 radical (unpaired) electrons. The maximum atomic E-state index is 6.41. The van der Waals surface area contributed by atoms with Crippen molar-refractivity contribution in [2.45, 2.75) is 27.2 Å². The Morgan fingerprint density at radius 3 is 2.14 bits per heavy atom. The van der Waals surface area contributed by atoms with Crippen LogP contribution in [0.5, 0.6) is 0 Å². The summed E-state index contributed by atoms with van der Waals surface area (Å²) in [6.45, 7) is 6.35. The summed E-state index contributed by atoms with van der Waals surface area (Å²) >= 11 is 6.41. The van der Waals surface area contributed by atoms with Crippen LogP contribution in [0.25, 0.3) is 33.8 Å². The number of aryl methyl sites for hydroxylation is 3. The van der Waals surface area contributed by atoms with Gasteiger partial charge in [-0.15, -0.1) is 0 Å². The van der Waals surface area contributed by atoms with Gasteiger partial charge in [-0.3, -0.25) is 4.98 Å². The summed E-state index contributed by atoms with van der Waals surface area (Å²) in [6.07, 6.45) is 2.77. The Balaban J connectivity index is 1.97. The Morgan fingerprint density at radius 2 is 1.45 bits per heavy atom. The molecule has 0 saturated heterocycles. The smallest absolute Gasteiger partial charge is 0.0972 e. The summed E-state index contributed by atoms with van der Waals surface area (Å²) in [5.74, 6) is 0. The number of aromatic nitrogens is 2. The molecule has 0 N–H and O–H groups in total. The second kappa shape index (κ2) is 8.18. The summed E-state index contributed by atoms with van der Waals surface area (Å²) in [7, 11) is 0. The van der Waals surface area contributed by atoms with E-state index in [0.29, 0.717) is 0 Å². The highest BCUT2D eigenvalue weighted by Gasteiger charge is 2.15. The molecular weight excluding hydrogens is 376 g/mol. The molecule has 0 amide bonds. The number of halogens is 1. The van der Waals surface area contributed by atoms with Gasteiger partial charge in [0.15, 0.2) is 0 Å². The van der Waals surface area contributed by atoms with Crippen LogP contribution in [0.1, 0.15) is 23.6 Å². The first-order chi connectivity index (χ1) is 14.0. The summed E-state index contributed by atoms with van der Waals surface area (Å²) < 4.78 is 0. The van der Waals surface area contributed by atoms with Gasteiger partial charge in [0.2, 0.25) is 0 Å². The summed E-state index contributed by atoms with van der Waals surface area (Å²) in [5, 5.41) is 0.722. The molecule has 2 nitrogen and oxygen atoms in total.